The van der Waals surface area contributed by atoms with Crippen molar-refractivity contribution in [2.45, 2.75) is 12.8 Å². The Kier molecular flexibility index (Phi) is 8.68. The quantitative estimate of drug-likeness (QED) is 0.161. The van der Waals surface area contributed by atoms with Gasteiger partial charge in [-0.15, -0.1) is 11.3 Å². The number of allylic oxidation sites excluding steroid dienone is 4. The highest BCUT2D eigenvalue weighted by Crippen LogP contribution is 2.46. The number of imidazole rings is 2. The van der Waals surface area contributed by atoms with E-state index < -0.39 is 0 Å². The molecule has 0 amide bonds. The summed E-state index contributed by atoms with van der Waals surface area (Å²) >= 11 is 1.91. The smallest absolute Gasteiger partial charge is 0.145 e. The lowest BCUT2D eigenvalue weighted by atomic mass is 9.79. The fourth-order valence-corrected chi connectivity index (χ4v) is 10.8. The van der Waals surface area contributed by atoms with Gasteiger partial charge in [0.05, 0.1) is 33.4 Å². The summed E-state index contributed by atoms with van der Waals surface area (Å²) in [4.78, 5) is 10.5. The molecule has 0 aliphatic heterocycles. The van der Waals surface area contributed by atoms with Crippen molar-refractivity contribution in [2.75, 3.05) is 0 Å². The molecule has 0 saturated carbocycles. The Hall–Kier alpha value is -7.60. The number of fused-ring (bicyclic) bond motifs is 5. The monoisotopic (exact) mass is 812 g/mol. The predicted octanol–water partition coefficient (Wildman–Crippen LogP) is 15.1. The van der Waals surface area contributed by atoms with Crippen LogP contribution >= 0.6 is 11.3 Å². The number of aromatic nitrogens is 4. The first-order valence-electron chi connectivity index (χ1n) is 21.3. The van der Waals surface area contributed by atoms with Gasteiger partial charge >= 0.3 is 0 Å². The number of hydrogen-bond donors (Lipinski definition) is 0. The van der Waals surface area contributed by atoms with Gasteiger partial charge in [0.15, 0.2) is 0 Å². The van der Waals surface area contributed by atoms with E-state index in [9.17, 15) is 0 Å². The fourth-order valence-electron chi connectivity index (χ4n) is 9.56. The van der Waals surface area contributed by atoms with Crippen LogP contribution in [0.15, 0.2) is 212 Å². The number of thiophene rings is 1. The summed E-state index contributed by atoms with van der Waals surface area (Å²) in [5.74, 6) is 2.26. The van der Waals surface area contributed by atoms with Crippen LogP contribution in [-0.2, 0) is 0 Å². The molecule has 0 saturated heterocycles. The minimum atomic E-state index is 0.216. The summed E-state index contributed by atoms with van der Waals surface area (Å²) in [6, 6.07) is 69.4. The number of hydrogen-bond acceptors (Lipinski definition) is 3. The molecular weight excluding hydrogens is 773 g/mol. The zero-order chi connectivity index (χ0) is 41.1. The Morgan fingerprint density at radius 2 is 1.05 bits per heavy atom. The first-order valence-corrected chi connectivity index (χ1v) is 22.1. The molecule has 2 unspecified atom stereocenters. The molecule has 12 rings (SSSR count). The highest BCUT2D eigenvalue weighted by atomic mass is 32.1. The highest BCUT2D eigenvalue weighted by Gasteiger charge is 2.25. The maximum Gasteiger partial charge on any atom is 0.145 e. The Labute approximate surface area is 364 Å². The van der Waals surface area contributed by atoms with E-state index in [-0.39, 0.29) is 11.8 Å². The second-order valence-corrected chi connectivity index (χ2v) is 17.3. The van der Waals surface area contributed by atoms with Gasteiger partial charge in [-0.25, -0.2) is 9.97 Å². The third-order valence-electron chi connectivity index (χ3n) is 12.4. The van der Waals surface area contributed by atoms with Gasteiger partial charge in [-0.05, 0) is 82.3 Å². The largest absolute Gasteiger partial charge is 0.292 e. The van der Waals surface area contributed by atoms with Gasteiger partial charge < -0.3 is 0 Å². The maximum atomic E-state index is 5.25. The van der Waals surface area contributed by atoms with Crippen LogP contribution < -0.4 is 0 Å². The van der Waals surface area contributed by atoms with Crippen molar-refractivity contribution < 1.29 is 0 Å². The zero-order valence-electron chi connectivity index (χ0n) is 34.1. The molecule has 0 N–H and O–H groups in total. The van der Waals surface area contributed by atoms with E-state index in [0.717, 1.165) is 61.8 Å². The van der Waals surface area contributed by atoms with Crippen molar-refractivity contribution in [3.05, 3.63) is 223 Å². The lowest BCUT2D eigenvalue weighted by Crippen LogP contribution is -2.10. The molecule has 2 atom stereocenters. The van der Waals surface area contributed by atoms with Gasteiger partial charge in [-0.3, -0.25) is 9.13 Å². The zero-order valence-corrected chi connectivity index (χ0v) is 34.9. The average Bonchev–Trinajstić information content (AvgIpc) is 4.04. The van der Waals surface area contributed by atoms with Crippen LogP contribution in [0.1, 0.15) is 24.0 Å². The molecule has 4 nitrogen and oxygen atoms in total. The number of nitrogens with zero attached hydrogens (tertiary/aromatic N) is 4. The van der Waals surface area contributed by atoms with Crippen LogP contribution in [0.3, 0.4) is 0 Å². The van der Waals surface area contributed by atoms with Crippen LogP contribution in [-0.4, -0.2) is 19.1 Å². The SMILES string of the molecule is CC1C=C(c2cc(-n3c(-c4ccccc4)nc4ccccc43)cc(-n3c(-c4ccccc4)nc4ccccc43)c2)C=CC1c1cccc2sc3c(-c4ccccc4)cccc3c12. The van der Waals surface area contributed by atoms with E-state index in [1.54, 1.807) is 0 Å². The lowest BCUT2D eigenvalue weighted by Gasteiger charge is -2.25. The molecule has 11 aromatic rings. The molecule has 62 heavy (non-hydrogen) atoms. The standard InChI is InChI=1S/C57H40N4S/c1-37-33-41(31-32-45(37)47-24-16-30-53-54(47)48-25-15-23-46(55(48)62-53)38-17-5-2-6-18-38)42-34-43(60-51-28-13-11-26-49(51)58-56(60)39-19-7-3-8-20-39)36-44(35-42)61-52-29-14-12-27-50(52)59-57(61)40-21-9-4-10-22-40/h2-37,45H,1H3. The minimum absolute atomic E-state index is 0.216. The summed E-state index contributed by atoms with van der Waals surface area (Å²) in [5, 5.41) is 2.70. The van der Waals surface area contributed by atoms with E-state index >= 15 is 0 Å². The maximum absolute atomic E-state index is 5.25. The van der Waals surface area contributed by atoms with Gasteiger partial charge in [0.25, 0.3) is 0 Å². The highest BCUT2D eigenvalue weighted by molar-refractivity contribution is 7.26. The Morgan fingerprint density at radius 3 is 1.65 bits per heavy atom. The van der Waals surface area contributed by atoms with Crippen LogP contribution in [0.25, 0.3) is 93.1 Å². The van der Waals surface area contributed by atoms with Crippen LogP contribution in [0.4, 0.5) is 0 Å². The summed E-state index contributed by atoms with van der Waals surface area (Å²) in [6.45, 7) is 2.37. The first kappa shape index (κ1) is 36.3. The second-order valence-electron chi connectivity index (χ2n) is 16.2. The molecule has 0 fully saturated rings. The van der Waals surface area contributed by atoms with Crippen molar-refractivity contribution in [2.24, 2.45) is 5.92 Å². The summed E-state index contributed by atoms with van der Waals surface area (Å²) in [5.41, 5.74) is 14.5. The van der Waals surface area contributed by atoms with Gasteiger partial charge in [-0.1, -0.05) is 171 Å². The van der Waals surface area contributed by atoms with Crippen LogP contribution in [0.2, 0.25) is 0 Å². The average molecular weight is 813 g/mol. The van der Waals surface area contributed by atoms with Gasteiger partial charge in [0.1, 0.15) is 11.6 Å². The number of para-hydroxylation sites is 4. The molecule has 3 aromatic heterocycles. The van der Waals surface area contributed by atoms with Crippen molar-refractivity contribution in [3.8, 4) is 45.3 Å². The van der Waals surface area contributed by atoms with Crippen molar-refractivity contribution in [3.63, 3.8) is 0 Å². The molecule has 0 bridgehead atoms. The fraction of sp³-hybridized carbons (Fsp3) is 0.0526. The Balaban J connectivity index is 1.04. The minimum Gasteiger partial charge on any atom is -0.292 e. The topological polar surface area (TPSA) is 35.6 Å². The predicted molar refractivity (Wildman–Crippen MR) is 260 cm³/mol. The van der Waals surface area contributed by atoms with E-state index in [4.69, 9.17) is 9.97 Å². The molecule has 0 spiro atoms. The van der Waals surface area contributed by atoms with Crippen LogP contribution in [0, 0.1) is 5.92 Å². The summed E-state index contributed by atoms with van der Waals surface area (Å²) < 4.78 is 7.32. The van der Waals surface area contributed by atoms with Gasteiger partial charge in [-0.2, -0.15) is 0 Å². The molecule has 0 radical (unpaired) electrons. The van der Waals surface area contributed by atoms with E-state index in [1.807, 2.05) is 11.3 Å². The molecule has 294 valence electrons. The van der Waals surface area contributed by atoms with Gasteiger partial charge in [0, 0.05) is 37.2 Å². The van der Waals surface area contributed by atoms with E-state index in [0.29, 0.717) is 0 Å². The van der Waals surface area contributed by atoms with E-state index in [2.05, 4.69) is 228 Å². The van der Waals surface area contributed by atoms with Crippen molar-refractivity contribution in [1.29, 1.82) is 0 Å². The molecule has 8 aromatic carbocycles. The normalized spacial score (nSPS) is 15.2. The Bertz CT molecular complexity index is 3400. The first-order chi connectivity index (χ1) is 30.7. The third kappa shape index (κ3) is 6.04. The Morgan fingerprint density at radius 1 is 0.500 bits per heavy atom. The molecular formula is C57H40N4S. The summed E-state index contributed by atoms with van der Waals surface area (Å²) in [7, 11) is 0. The van der Waals surface area contributed by atoms with Crippen LogP contribution in [0.5, 0.6) is 0 Å². The second kappa shape index (κ2) is 14.8. The van der Waals surface area contributed by atoms with Crippen molar-refractivity contribution >= 4 is 59.1 Å². The van der Waals surface area contributed by atoms with Crippen molar-refractivity contribution in [1.82, 2.24) is 19.1 Å². The number of rotatable bonds is 7. The molecule has 1 aliphatic rings. The molecule has 3 heterocycles. The van der Waals surface area contributed by atoms with E-state index in [1.165, 1.54) is 42.4 Å². The summed E-state index contributed by atoms with van der Waals surface area (Å²) in [6.07, 6.45) is 7.27. The van der Waals surface area contributed by atoms with Gasteiger partial charge in [0.2, 0.25) is 0 Å². The lowest BCUT2D eigenvalue weighted by molar-refractivity contribution is 0.642. The third-order valence-corrected chi connectivity index (χ3v) is 13.6. The molecule has 5 heteroatoms. The number of benzene rings is 8. The molecule has 1 aliphatic carbocycles.